The summed E-state index contributed by atoms with van der Waals surface area (Å²) in [5, 5.41) is 1.21. The molecule has 39 heavy (non-hydrogen) atoms. The van der Waals surface area contributed by atoms with Gasteiger partial charge in [-0.3, -0.25) is 14.3 Å². The Morgan fingerprint density at radius 3 is 2.13 bits per heavy atom. The Hall–Kier alpha value is -2.80. The van der Waals surface area contributed by atoms with Gasteiger partial charge in [-0.15, -0.1) is 0 Å². The molecule has 4 aliphatic rings. The second-order valence-electron chi connectivity index (χ2n) is 12.0. The van der Waals surface area contributed by atoms with Crippen LogP contribution < -0.4 is 10.6 Å². The van der Waals surface area contributed by atoms with Gasteiger partial charge in [0.15, 0.2) is 0 Å². The molecule has 2 saturated heterocycles. The number of hydrogen-bond donors (Lipinski definition) is 0. The lowest BCUT2D eigenvalue weighted by Crippen LogP contribution is -2.46. The van der Waals surface area contributed by atoms with Crippen molar-refractivity contribution in [2.45, 2.75) is 51.2 Å². The SMILES string of the molecule is CC1(C)[C@H]2CC[C@@]13CS(=O)(=O)N(C(=O)[C@@H]1[C@@H](c4ccccn4)N1P(=O)(c1ccccc1)c1ccccc1)[C@H]3C2. The van der Waals surface area contributed by atoms with Gasteiger partial charge in [-0.2, -0.15) is 0 Å². The van der Waals surface area contributed by atoms with Crippen molar-refractivity contribution < 1.29 is 17.8 Å². The number of sulfonamides is 1. The van der Waals surface area contributed by atoms with Gasteiger partial charge in [0, 0.05) is 22.2 Å². The molecule has 2 aliphatic carbocycles. The zero-order valence-corrected chi connectivity index (χ0v) is 23.8. The first-order valence-corrected chi connectivity index (χ1v) is 16.9. The monoisotopic (exact) mass is 561 g/mol. The Morgan fingerprint density at radius 1 is 0.949 bits per heavy atom. The fourth-order valence-electron chi connectivity index (χ4n) is 8.05. The molecule has 2 aromatic carbocycles. The smallest absolute Gasteiger partial charge is 0.256 e. The maximum absolute atomic E-state index is 15.3. The van der Waals surface area contributed by atoms with E-state index in [2.05, 4.69) is 18.8 Å². The minimum Gasteiger partial charge on any atom is -0.296 e. The average molecular weight is 562 g/mol. The number of carbonyl (C=O) groups is 1. The fourth-order valence-corrected chi connectivity index (χ4v) is 13.7. The summed E-state index contributed by atoms with van der Waals surface area (Å²) in [6.45, 7) is 4.35. The molecular formula is C30H32N3O4PS. The zero-order valence-electron chi connectivity index (χ0n) is 22.1. The van der Waals surface area contributed by atoms with E-state index in [9.17, 15) is 13.2 Å². The van der Waals surface area contributed by atoms with Gasteiger partial charge in [0.2, 0.25) is 17.3 Å². The van der Waals surface area contributed by atoms with Gasteiger partial charge in [-0.05, 0) is 67.0 Å². The molecule has 0 radical (unpaired) electrons. The highest BCUT2D eigenvalue weighted by atomic mass is 32.2. The molecule has 2 aliphatic heterocycles. The van der Waals surface area contributed by atoms with Crippen molar-refractivity contribution in [3.8, 4) is 0 Å². The summed E-state index contributed by atoms with van der Waals surface area (Å²) in [6.07, 6.45) is 4.19. The highest BCUT2D eigenvalue weighted by molar-refractivity contribution is 7.90. The lowest BCUT2D eigenvalue weighted by Gasteiger charge is -2.37. The first kappa shape index (κ1) is 25.2. The zero-order chi connectivity index (χ0) is 27.2. The number of hydrogen-bond acceptors (Lipinski definition) is 5. The summed E-state index contributed by atoms with van der Waals surface area (Å²) >= 11 is 0. The van der Waals surface area contributed by atoms with E-state index in [-0.39, 0.29) is 17.2 Å². The van der Waals surface area contributed by atoms with Gasteiger partial charge < -0.3 is 0 Å². The summed E-state index contributed by atoms with van der Waals surface area (Å²) in [7, 11) is -7.34. The van der Waals surface area contributed by atoms with Crippen LogP contribution in [0.3, 0.4) is 0 Å². The van der Waals surface area contributed by atoms with Crippen LogP contribution in [0.25, 0.3) is 0 Å². The Bertz CT molecular complexity index is 1560. The number of amides is 1. The molecule has 3 aromatic rings. The summed E-state index contributed by atoms with van der Waals surface area (Å²) in [6, 6.07) is 22.0. The van der Waals surface area contributed by atoms with E-state index in [0.717, 1.165) is 12.8 Å². The number of aromatic nitrogens is 1. The van der Waals surface area contributed by atoms with Gasteiger partial charge in [0.05, 0.1) is 23.5 Å². The standard InChI is InChI=1S/C30H32N3O4PS/c1-29(2)21-16-17-30(29)20-39(36,37)33(25(30)19-21)28(34)27-26(24-15-9-10-18-31-24)32(27)38(35,22-11-5-3-6-12-22)23-13-7-4-8-14-23/h3-15,18,21,25-27H,16-17,19-20H2,1-2H3/t21-,25-,26+,27-,30-,32?/m0/s1. The van der Waals surface area contributed by atoms with Crippen LogP contribution in [-0.4, -0.2) is 46.1 Å². The maximum Gasteiger partial charge on any atom is 0.256 e. The first-order valence-electron chi connectivity index (χ1n) is 13.6. The molecule has 1 spiro atoms. The van der Waals surface area contributed by atoms with Crippen LogP contribution in [0.4, 0.5) is 0 Å². The number of pyridine rings is 1. The molecule has 7 rings (SSSR count). The number of rotatable bonds is 5. The number of carbonyl (C=O) groups excluding carboxylic acids is 1. The molecule has 1 unspecified atom stereocenters. The molecule has 1 amide bonds. The van der Waals surface area contributed by atoms with Crippen LogP contribution >= 0.6 is 7.29 Å². The molecule has 3 heterocycles. The molecular weight excluding hydrogens is 529 g/mol. The lowest BCUT2D eigenvalue weighted by molar-refractivity contribution is -0.129. The van der Waals surface area contributed by atoms with E-state index in [4.69, 9.17) is 0 Å². The van der Waals surface area contributed by atoms with Crippen LogP contribution in [0.5, 0.6) is 0 Å². The second kappa shape index (κ2) is 8.35. The van der Waals surface area contributed by atoms with Crippen molar-refractivity contribution in [2.75, 3.05) is 5.75 Å². The highest BCUT2D eigenvalue weighted by Crippen LogP contribution is 2.71. The van der Waals surface area contributed by atoms with Crippen molar-refractivity contribution in [3.05, 3.63) is 90.8 Å². The summed E-state index contributed by atoms with van der Waals surface area (Å²) < 4.78 is 45.8. The second-order valence-corrected chi connectivity index (χ2v) is 16.5. The van der Waals surface area contributed by atoms with Gasteiger partial charge >= 0.3 is 0 Å². The predicted octanol–water partition coefficient (Wildman–Crippen LogP) is 4.10. The minimum atomic E-state index is -3.82. The summed E-state index contributed by atoms with van der Waals surface area (Å²) in [5.41, 5.74) is 0.0457. The average Bonchev–Trinajstić information content (AvgIpc) is 3.53. The van der Waals surface area contributed by atoms with Crippen LogP contribution in [0.2, 0.25) is 0 Å². The van der Waals surface area contributed by atoms with Crippen LogP contribution in [0, 0.1) is 16.7 Å². The number of nitrogens with zero attached hydrogens (tertiary/aromatic N) is 3. The van der Waals surface area contributed by atoms with E-state index in [1.54, 1.807) is 16.9 Å². The third-order valence-corrected chi connectivity index (χ3v) is 15.2. The summed E-state index contributed by atoms with van der Waals surface area (Å²) in [5.74, 6) is -0.0616. The Balaban J connectivity index is 1.36. The Labute approximate surface area is 229 Å². The molecule has 6 atom stereocenters. The van der Waals surface area contributed by atoms with Crippen LogP contribution in [0.15, 0.2) is 85.1 Å². The quantitative estimate of drug-likeness (QED) is 0.344. The lowest BCUT2D eigenvalue weighted by atomic mass is 9.69. The molecule has 2 saturated carbocycles. The first-order chi connectivity index (χ1) is 18.6. The fraction of sp³-hybridized carbons (Fsp3) is 0.400. The van der Waals surface area contributed by atoms with Crippen molar-refractivity contribution in [1.82, 2.24) is 14.0 Å². The van der Waals surface area contributed by atoms with E-state index in [1.807, 2.05) is 72.8 Å². The predicted molar refractivity (Wildman–Crippen MR) is 150 cm³/mol. The van der Waals surface area contributed by atoms with Crippen molar-refractivity contribution in [2.24, 2.45) is 16.7 Å². The van der Waals surface area contributed by atoms with Crippen molar-refractivity contribution in [1.29, 1.82) is 0 Å². The number of fused-ring (bicyclic) bond motifs is 1. The molecule has 1 aromatic heterocycles. The van der Waals surface area contributed by atoms with Crippen LogP contribution in [0.1, 0.15) is 44.8 Å². The molecule has 7 nitrogen and oxygen atoms in total. The summed E-state index contributed by atoms with van der Waals surface area (Å²) in [4.78, 5) is 19.0. The topological polar surface area (TPSA) is 87.4 Å². The Morgan fingerprint density at radius 2 is 1.56 bits per heavy atom. The van der Waals surface area contributed by atoms with Gasteiger partial charge in [-0.25, -0.2) is 17.4 Å². The normalized spacial score (nSPS) is 33.6. The molecule has 0 N–H and O–H groups in total. The van der Waals surface area contributed by atoms with Gasteiger partial charge in [0.1, 0.15) is 6.04 Å². The molecule has 9 heteroatoms. The molecule has 202 valence electrons. The number of benzene rings is 2. The van der Waals surface area contributed by atoms with Crippen molar-refractivity contribution in [3.63, 3.8) is 0 Å². The van der Waals surface area contributed by atoms with E-state index < -0.39 is 40.7 Å². The van der Waals surface area contributed by atoms with E-state index in [0.29, 0.717) is 28.6 Å². The van der Waals surface area contributed by atoms with E-state index in [1.165, 1.54) is 4.31 Å². The Kier molecular flexibility index (Phi) is 5.40. The third-order valence-electron chi connectivity index (χ3n) is 10.2. The van der Waals surface area contributed by atoms with Gasteiger partial charge in [0.25, 0.3) is 5.91 Å². The highest BCUT2D eigenvalue weighted by Gasteiger charge is 2.74. The van der Waals surface area contributed by atoms with Crippen molar-refractivity contribution >= 4 is 33.8 Å². The third kappa shape index (κ3) is 3.31. The maximum atomic E-state index is 15.3. The van der Waals surface area contributed by atoms with E-state index >= 15 is 4.57 Å². The van der Waals surface area contributed by atoms with Gasteiger partial charge in [-0.1, -0.05) is 56.3 Å². The largest absolute Gasteiger partial charge is 0.296 e. The molecule has 4 fully saturated rings. The van der Waals surface area contributed by atoms with Crippen LogP contribution in [-0.2, 0) is 19.4 Å². The molecule has 2 bridgehead atoms. The minimum absolute atomic E-state index is 0.00983.